The van der Waals surface area contributed by atoms with Gasteiger partial charge in [0.05, 0.1) is 10.7 Å². The van der Waals surface area contributed by atoms with E-state index in [0.29, 0.717) is 17.1 Å². The van der Waals surface area contributed by atoms with Crippen LogP contribution >= 0.6 is 11.6 Å². The highest BCUT2D eigenvalue weighted by atomic mass is 35.5. The number of nitrogens with one attached hydrogen (secondary N) is 2. The van der Waals surface area contributed by atoms with Crippen molar-refractivity contribution in [3.05, 3.63) is 52.5 Å². The lowest BCUT2D eigenvalue weighted by Gasteiger charge is -2.14. The third-order valence-corrected chi connectivity index (χ3v) is 4.00. The molecule has 126 valence electrons. The molecule has 24 heavy (non-hydrogen) atoms. The zero-order valence-electron chi connectivity index (χ0n) is 13.7. The summed E-state index contributed by atoms with van der Waals surface area (Å²) >= 11 is 6.01. The van der Waals surface area contributed by atoms with E-state index in [1.54, 1.807) is 12.1 Å². The molecule has 6 heteroatoms. The van der Waals surface area contributed by atoms with Crippen molar-refractivity contribution in [3.8, 4) is 0 Å². The number of rotatable bonds is 4. The van der Waals surface area contributed by atoms with Gasteiger partial charge in [0.25, 0.3) is 0 Å². The first kappa shape index (κ1) is 17.8. The first-order valence-electron chi connectivity index (χ1n) is 7.74. The summed E-state index contributed by atoms with van der Waals surface area (Å²) in [7, 11) is 0. The normalized spacial score (nSPS) is 10.3. The summed E-state index contributed by atoms with van der Waals surface area (Å²) in [5.41, 5.74) is 9.10. The average Bonchev–Trinajstić information content (AvgIpc) is 2.57. The third kappa shape index (κ3) is 4.06. The summed E-state index contributed by atoms with van der Waals surface area (Å²) in [5, 5.41) is 5.48. The van der Waals surface area contributed by atoms with Gasteiger partial charge < -0.3 is 16.4 Å². The van der Waals surface area contributed by atoms with Crippen molar-refractivity contribution in [3.63, 3.8) is 0 Å². The number of para-hydroxylation sites is 1. The Morgan fingerprint density at radius 3 is 2.12 bits per heavy atom. The summed E-state index contributed by atoms with van der Waals surface area (Å²) in [6.45, 7) is 4.00. The van der Waals surface area contributed by atoms with E-state index in [-0.39, 0.29) is 5.02 Å². The number of nitrogens with two attached hydrogens (primary N) is 1. The summed E-state index contributed by atoms with van der Waals surface area (Å²) in [6.07, 6.45) is 1.52. The van der Waals surface area contributed by atoms with Crippen molar-refractivity contribution in [2.75, 3.05) is 16.4 Å². The van der Waals surface area contributed by atoms with E-state index in [2.05, 4.69) is 10.6 Å². The van der Waals surface area contributed by atoms with Crippen LogP contribution in [0.1, 0.15) is 25.0 Å². The predicted octanol–water partition coefficient (Wildman–Crippen LogP) is 3.62. The van der Waals surface area contributed by atoms with Crippen molar-refractivity contribution in [2.45, 2.75) is 26.7 Å². The minimum Gasteiger partial charge on any atom is -0.399 e. The van der Waals surface area contributed by atoms with Gasteiger partial charge in [-0.15, -0.1) is 0 Å². The van der Waals surface area contributed by atoms with Crippen molar-refractivity contribution < 1.29 is 9.59 Å². The van der Waals surface area contributed by atoms with Gasteiger partial charge in [-0.3, -0.25) is 9.59 Å². The van der Waals surface area contributed by atoms with Crippen LogP contribution in [0.15, 0.2) is 36.4 Å². The van der Waals surface area contributed by atoms with E-state index in [1.807, 2.05) is 32.0 Å². The Labute approximate surface area is 146 Å². The third-order valence-electron chi connectivity index (χ3n) is 3.68. The molecule has 0 spiro atoms. The number of halogens is 1. The van der Waals surface area contributed by atoms with Crippen LogP contribution in [0.4, 0.5) is 17.1 Å². The molecule has 5 nitrogen and oxygen atoms in total. The van der Waals surface area contributed by atoms with Gasteiger partial charge in [0, 0.05) is 11.4 Å². The van der Waals surface area contributed by atoms with Crippen LogP contribution in [0.25, 0.3) is 0 Å². The van der Waals surface area contributed by atoms with E-state index < -0.39 is 11.8 Å². The first-order valence-corrected chi connectivity index (χ1v) is 8.12. The molecule has 2 aromatic carbocycles. The van der Waals surface area contributed by atoms with E-state index in [4.69, 9.17) is 17.3 Å². The number of aryl methyl sites for hydroxylation is 2. The molecule has 0 atom stereocenters. The van der Waals surface area contributed by atoms with Crippen molar-refractivity contribution >= 4 is 40.5 Å². The number of anilines is 3. The number of nitrogen functional groups attached to an aromatic ring is 1. The highest BCUT2D eigenvalue weighted by Gasteiger charge is 2.18. The second-order valence-electron chi connectivity index (χ2n) is 5.31. The fourth-order valence-electron chi connectivity index (χ4n) is 2.39. The zero-order valence-corrected chi connectivity index (χ0v) is 14.4. The number of carbonyl (C=O) groups is 2. The fraction of sp³-hybridized carbons (Fsp3) is 0.222. The molecule has 2 amide bonds. The van der Waals surface area contributed by atoms with Gasteiger partial charge in [-0.25, -0.2) is 0 Å². The molecule has 0 fully saturated rings. The van der Waals surface area contributed by atoms with Crippen LogP contribution in [0, 0.1) is 0 Å². The summed E-state index contributed by atoms with van der Waals surface area (Å²) in [4.78, 5) is 24.4. The Hall–Kier alpha value is -2.53. The summed E-state index contributed by atoms with van der Waals surface area (Å²) in [6, 6.07) is 10.5. The van der Waals surface area contributed by atoms with Crippen LogP contribution in [0.3, 0.4) is 0 Å². The van der Waals surface area contributed by atoms with Crippen LogP contribution in [0.2, 0.25) is 5.02 Å². The number of amides is 2. The molecule has 0 aliphatic rings. The molecular weight excluding hydrogens is 326 g/mol. The molecule has 0 heterocycles. The Morgan fingerprint density at radius 2 is 1.58 bits per heavy atom. The maximum atomic E-state index is 12.2. The van der Waals surface area contributed by atoms with Gasteiger partial charge in [0.2, 0.25) is 0 Å². The van der Waals surface area contributed by atoms with E-state index in [9.17, 15) is 9.59 Å². The molecule has 0 saturated heterocycles. The molecule has 0 aromatic heterocycles. The van der Waals surface area contributed by atoms with E-state index in [1.165, 1.54) is 6.07 Å². The molecule has 2 aromatic rings. The van der Waals surface area contributed by atoms with Gasteiger partial charge in [-0.1, -0.05) is 43.6 Å². The van der Waals surface area contributed by atoms with Gasteiger partial charge in [0.15, 0.2) is 0 Å². The highest BCUT2D eigenvalue weighted by molar-refractivity contribution is 6.45. The van der Waals surface area contributed by atoms with Gasteiger partial charge in [0.1, 0.15) is 0 Å². The smallest absolute Gasteiger partial charge is 0.314 e. The lowest BCUT2D eigenvalue weighted by atomic mass is 10.0. The molecule has 2 rings (SSSR count). The number of hydrogen-bond acceptors (Lipinski definition) is 3. The standard InChI is InChI=1S/C18H20ClN3O2/c1-3-11-6-5-7-12(4-2)16(11)22-18(24)17(23)21-15-9-8-13(20)10-14(15)19/h5-10H,3-4,20H2,1-2H3,(H,21,23)(H,22,24). The summed E-state index contributed by atoms with van der Waals surface area (Å²) < 4.78 is 0. The minimum atomic E-state index is -0.783. The monoisotopic (exact) mass is 345 g/mol. The van der Waals surface area contributed by atoms with E-state index in [0.717, 1.165) is 24.0 Å². The number of carbonyl (C=O) groups excluding carboxylic acids is 2. The van der Waals surface area contributed by atoms with Crippen LogP contribution in [-0.2, 0) is 22.4 Å². The maximum Gasteiger partial charge on any atom is 0.314 e. The fourth-order valence-corrected chi connectivity index (χ4v) is 2.62. The second kappa shape index (κ2) is 7.84. The molecule has 4 N–H and O–H groups in total. The number of benzene rings is 2. The topological polar surface area (TPSA) is 84.2 Å². The van der Waals surface area contributed by atoms with Crippen molar-refractivity contribution in [1.29, 1.82) is 0 Å². The lowest BCUT2D eigenvalue weighted by Crippen LogP contribution is -2.30. The average molecular weight is 346 g/mol. The Bertz CT molecular complexity index is 753. The van der Waals surface area contributed by atoms with E-state index >= 15 is 0 Å². The van der Waals surface area contributed by atoms with Crippen LogP contribution in [0.5, 0.6) is 0 Å². The van der Waals surface area contributed by atoms with Gasteiger partial charge >= 0.3 is 11.8 Å². The SMILES string of the molecule is CCc1cccc(CC)c1NC(=O)C(=O)Nc1ccc(N)cc1Cl. The Kier molecular flexibility index (Phi) is 5.82. The Morgan fingerprint density at radius 1 is 1.00 bits per heavy atom. The lowest BCUT2D eigenvalue weighted by molar-refractivity contribution is -0.133. The van der Waals surface area contributed by atoms with Crippen LogP contribution < -0.4 is 16.4 Å². The molecular formula is C18H20ClN3O2. The zero-order chi connectivity index (χ0) is 17.7. The van der Waals surface area contributed by atoms with Gasteiger partial charge in [-0.2, -0.15) is 0 Å². The maximum absolute atomic E-state index is 12.2. The largest absolute Gasteiger partial charge is 0.399 e. The highest BCUT2D eigenvalue weighted by Crippen LogP contribution is 2.25. The second-order valence-corrected chi connectivity index (χ2v) is 5.71. The molecule has 0 radical (unpaired) electrons. The first-order chi connectivity index (χ1) is 11.5. The molecule has 0 saturated carbocycles. The molecule has 0 bridgehead atoms. The molecule has 0 unspecified atom stereocenters. The number of hydrogen-bond donors (Lipinski definition) is 3. The van der Waals surface area contributed by atoms with Crippen molar-refractivity contribution in [1.82, 2.24) is 0 Å². The van der Waals surface area contributed by atoms with Gasteiger partial charge in [-0.05, 0) is 42.2 Å². The minimum absolute atomic E-state index is 0.277. The molecule has 0 aliphatic carbocycles. The quantitative estimate of drug-likeness (QED) is 0.584. The van der Waals surface area contributed by atoms with Crippen molar-refractivity contribution in [2.24, 2.45) is 0 Å². The summed E-state index contributed by atoms with van der Waals surface area (Å²) in [5.74, 6) is -1.52. The van der Waals surface area contributed by atoms with Crippen LogP contribution in [-0.4, -0.2) is 11.8 Å². The predicted molar refractivity (Wildman–Crippen MR) is 98.3 cm³/mol. The molecule has 0 aliphatic heterocycles. The Balaban J connectivity index is 2.16.